The lowest BCUT2D eigenvalue weighted by atomic mass is 9.82. The number of nitrogens with one attached hydrogen (secondary N) is 1. The number of anilines is 1. The first-order valence-electron chi connectivity index (χ1n) is 6.76. The summed E-state index contributed by atoms with van der Waals surface area (Å²) in [6.45, 7) is 1.79. The van der Waals surface area contributed by atoms with E-state index in [2.05, 4.69) is 10.1 Å². The van der Waals surface area contributed by atoms with Crippen LogP contribution in [0.15, 0.2) is 36.0 Å². The number of hydrogen-bond donors (Lipinski definition) is 1. The van der Waals surface area contributed by atoms with E-state index in [-0.39, 0.29) is 17.4 Å². The number of nitrogens with zero attached hydrogens (tertiary/aromatic N) is 1. The van der Waals surface area contributed by atoms with Crippen molar-refractivity contribution in [3.63, 3.8) is 0 Å². The quantitative estimate of drug-likeness (QED) is 0.396. The van der Waals surface area contributed by atoms with Crippen molar-refractivity contribution in [3.8, 4) is 0 Å². The second kappa shape index (κ2) is 6.38. The SMILES string of the molecule is COC(=O)[C@@H]1C(=O)C=C(Nc2cccc([N+](=O)[O-])c2)C[C@H]1C. The van der Waals surface area contributed by atoms with E-state index in [1.165, 1.54) is 25.3 Å². The first-order chi connectivity index (χ1) is 10.4. The molecule has 0 bridgehead atoms. The number of non-ortho nitro benzene ring substituents is 1. The highest BCUT2D eigenvalue weighted by Crippen LogP contribution is 2.29. The van der Waals surface area contributed by atoms with Crippen LogP contribution in [0.5, 0.6) is 0 Å². The van der Waals surface area contributed by atoms with E-state index in [4.69, 9.17) is 0 Å². The van der Waals surface area contributed by atoms with Gasteiger partial charge in [0, 0.05) is 29.6 Å². The van der Waals surface area contributed by atoms with Crippen molar-refractivity contribution >= 4 is 23.1 Å². The molecule has 7 nitrogen and oxygen atoms in total. The zero-order valence-electron chi connectivity index (χ0n) is 12.2. The molecule has 1 aliphatic rings. The third kappa shape index (κ3) is 3.30. The number of esters is 1. The van der Waals surface area contributed by atoms with Crippen LogP contribution in [0.25, 0.3) is 0 Å². The smallest absolute Gasteiger partial charge is 0.316 e. The van der Waals surface area contributed by atoms with Crippen LogP contribution >= 0.6 is 0 Å². The molecule has 0 radical (unpaired) electrons. The number of ketones is 1. The number of methoxy groups -OCH3 is 1. The van der Waals surface area contributed by atoms with Gasteiger partial charge in [-0.25, -0.2) is 0 Å². The Balaban J connectivity index is 2.18. The highest BCUT2D eigenvalue weighted by molar-refractivity contribution is 6.06. The lowest BCUT2D eigenvalue weighted by molar-refractivity contribution is -0.384. The molecule has 0 spiro atoms. The fourth-order valence-electron chi connectivity index (χ4n) is 2.51. The molecule has 22 heavy (non-hydrogen) atoms. The van der Waals surface area contributed by atoms with E-state index in [1.807, 2.05) is 0 Å². The van der Waals surface area contributed by atoms with Crippen molar-refractivity contribution < 1.29 is 19.2 Å². The Bertz CT molecular complexity index is 653. The monoisotopic (exact) mass is 304 g/mol. The highest BCUT2D eigenvalue weighted by atomic mass is 16.6. The number of ether oxygens (including phenoxy) is 1. The summed E-state index contributed by atoms with van der Waals surface area (Å²) in [7, 11) is 1.25. The van der Waals surface area contributed by atoms with E-state index in [0.29, 0.717) is 17.8 Å². The minimum Gasteiger partial charge on any atom is -0.468 e. The molecule has 2 rings (SSSR count). The van der Waals surface area contributed by atoms with Gasteiger partial charge in [-0.3, -0.25) is 19.7 Å². The van der Waals surface area contributed by atoms with Gasteiger partial charge in [0.05, 0.1) is 12.0 Å². The molecule has 0 fully saturated rings. The number of benzene rings is 1. The summed E-state index contributed by atoms with van der Waals surface area (Å²) in [5, 5.41) is 13.8. The minimum absolute atomic E-state index is 0.0341. The molecule has 2 atom stereocenters. The maximum Gasteiger partial charge on any atom is 0.316 e. The topological polar surface area (TPSA) is 98.5 Å². The van der Waals surface area contributed by atoms with E-state index in [1.54, 1.807) is 19.1 Å². The Kier molecular flexibility index (Phi) is 4.55. The van der Waals surface area contributed by atoms with Gasteiger partial charge in [0.25, 0.3) is 5.69 Å². The lowest BCUT2D eigenvalue weighted by Crippen LogP contribution is -2.34. The van der Waals surface area contributed by atoms with E-state index in [9.17, 15) is 19.7 Å². The normalized spacial score (nSPS) is 21.0. The minimum atomic E-state index is -0.791. The molecule has 0 aromatic heterocycles. The molecule has 1 aromatic carbocycles. The summed E-state index contributed by atoms with van der Waals surface area (Å²) < 4.78 is 4.64. The Hall–Kier alpha value is -2.70. The fourth-order valence-corrected chi connectivity index (χ4v) is 2.51. The second-order valence-electron chi connectivity index (χ2n) is 5.19. The van der Waals surface area contributed by atoms with Gasteiger partial charge in [0.1, 0.15) is 5.92 Å². The van der Waals surface area contributed by atoms with E-state index >= 15 is 0 Å². The summed E-state index contributed by atoms with van der Waals surface area (Å²) in [6.07, 6.45) is 1.84. The maximum atomic E-state index is 12.1. The Morgan fingerprint density at radius 3 is 2.77 bits per heavy atom. The molecular formula is C15H16N2O5. The van der Waals surface area contributed by atoms with Gasteiger partial charge in [0.15, 0.2) is 5.78 Å². The summed E-state index contributed by atoms with van der Waals surface area (Å²) in [4.78, 5) is 33.9. The van der Waals surface area contributed by atoms with Gasteiger partial charge in [-0.05, 0) is 18.4 Å². The number of carbonyl (C=O) groups is 2. The zero-order chi connectivity index (χ0) is 16.3. The van der Waals surface area contributed by atoms with E-state index < -0.39 is 16.8 Å². The molecule has 0 saturated heterocycles. The van der Waals surface area contributed by atoms with Gasteiger partial charge < -0.3 is 10.1 Å². The maximum absolute atomic E-state index is 12.1. The van der Waals surface area contributed by atoms with E-state index in [0.717, 1.165) is 0 Å². The van der Waals surface area contributed by atoms with Crippen LogP contribution in [-0.4, -0.2) is 23.8 Å². The lowest BCUT2D eigenvalue weighted by Gasteiger charge is -2.26. The van der Waals surface area contributed by atoms with Crippen molar-refractivity contribution in [2.45, 2.75) is 13.3 Å². The molecule has 0 amide bonds. The largest absolute Gasteiger partial charge is 0.468 e. The fraction of sp³-hybridized carbons (Fsp3) is 0.333. The van der Waals surface area contributed by atoms with Gasteiger partial charge in [-0.1, -0.05) is 13.0 Å². The van der Waals surface area contributed by atoms with Crippen molar-refractivity contribution in [1.82, 2.24) is 0 Å². The molecule has 0 saturated carbocycles. The molecular weight excluding hydrogens is 288 g/mol. The van der Waals surface area contributed by atoms with Gasteiger partial charge in [0.2, 0.25) is 0 Å². The number of nitro benzene ring substituents is 1. The third-order valence-electron chi connectivity index (χ3n) is 3.55. The molecule has 0 aliphatic heterocycles. The molecule has 1 aromatic rings. The van der Waals surface area contributed by atoms with Gasteiger partial charge >= 0.3 is 5.97 Å². The summed E-state index contributed by atoms with van der Waals surface area (Å²) in [5.74, 6) is -1.85. The van der Waals surface area contributed by atoms with Crippen LogP contribution in [-0.2, 0) is 14.3 Å². The second-order valence-corrected chi connectivity index (χ2v) is 5.19. The average Bonchev–Trinajstić information content (AvgIpc) is 2.46. The van der Waals surface area contributed by atoms with Crippen molar-refractivity contribution in [2.24, 2.45) is 11.8 Å². The van der Waals surface area contributed by atoms with Crippen LogP contribution in [0.3, 0.4) is 0 Å². The van der Waals surface area contributed by atoms with Gasteiger partial charge in [-0.2, -0.15) is 0 Å². The Labute approximate surface area is 127 Å². The van der Waals surface area contributed by atoms with Gasteiger partial charge in [-0.15, -0.1) is 0 Å². The number of hydrogen-bond acceptors (Lipinski definition) is 6. The first-order valence-corrected chi connectivity index (χ1v) is 6.76. The van der Waals surface area contributed by atoms with Crippen LogP contribution in [0.2, 0.25) is 0 Å². The van der Waals surface area contributed by atoms with Crippen molar-refractivity contribution in [2.75, 3.05) is 12.4 Å². The van der Waals surface area contributed by atoms with Crippen LogP contribution in [0.4, 0.5) is 11.4 Å². The number of rotatable bonds is 4. The molecule has 1 aliphatic carbocycles. The molecule has 7 heteroatoms. The summed E-state index contributed by atoms with van der Waals surface area (Å²) in [6, 6.07) is 6.02. The van der Waals surface area contributed by atoms with Crippen molar-refractivity contribution in [1.29, 1.82) is 0 Å². The highest BCUT2D eigenvalue weighted by Gasteiger charge is 2.35. The summed E-state index contributed by atoms with van der Waals surface area (Å²) in [5.41, 5.74) is 1.11. The number of carbonyl (C=O) groups excluding carboxylic acids is 2. The zero-order valence-corrected chi connectivity index (χ0v) is 12.2. The standard InChI is InChI=1S/C15H16N2O5/c1-9-6-11(8-13(18)14(9)15(19)22-2)16-10-4-3-5-12(7-10)17(20)21/h3-5,7-9,14,16H,6H2,1-2H3/t9-,14+/m1/s1. The predicted molar refractivity (Wildman–Crippen MR) is 79.1 cm³/mol. The number of allylic oxidation sites excluding steroid dienone is 2. The Morgan fingerprint density at radius 2 is 2.18 bits per heavy atom. The third-order valence-corrected chi connectivity index (χ3v) is 3.55. The summed E-state index contributed by atoms with van der Waals surface area (Å²) >= 11 is 0. The Morgan fingerprint density at radius 1 is 1.45 bits per heavy atom. The van der Waals surface area contributed by atoms with Crippen LogP contribution in [0, 0.1) is 22.0 Å². The van der Waals surface area contributed by atoms with Crippen LogP contribution in [0.1, 0.15) is 13.3 Å². The predicted octanol–water partition coefficient (Wildman–Crippen LogP) is 2.29. The van der Waals surface area contributed by atoms with Crippen molar-refractivity contribution in [3.05, 3.63) is 46.2 Å². The number of nitro groups is 1. The molecule has 0 heterocycles. The molecule has 0 unspecified atom stereocenters. The molecule has 1 N–H and O–H groups in total. The molecule has 116 valence electrons. The first kappa shape index (κ1) is 15.7. The average molecular weight is 304 g/mol. The van der Waals surface area contributed by atoms with Crippen LogP contribution < -0.4 is 5.32 Å².